The smallest absolute Gasteiger partial charge is 0.307 e. The molecule has 1 rings (SSSR count). The molecule has 0 fully saturated rings. The van der Waals surface area contributed by atoms with Gasteiger partial charge in [-0.25, -0.2) is 10.2 Å². The number of anilines is 1. The first kappa shape index (κ1) is 10.9. The normalized spacial score (nSPS) is 9.40. The van der Waals surface area contributed by atoms with Crippen LogP contribution in [0.15, 0.2) is 24.3 Å². The maximum atomic E-state index is 11.0. The minimum absolute atomic E-state index is 0.0189. The van der Waals surface area contributed by atoms with Crippen molar-refractivity contribution in [3.8, 4) is 0 Å². The number of hydrogen-bond donors (Lipinski definition) is 3. The summed E-state index contributed by atoms with van der Waals surface area (Å²) in [4.78, 5) is 20.8. The van der Waals surface area contributed by atoms with Gasteiger partial charge in [-0.1, -0.05) is 0 Å². The zero-order valence-electron chi connectivity index (χ0n) is 7.98. The summed E-state index contributed by atoms with van der Waals surface area (Å²) in [6.07, 6.45) is 0. The Morgan fingerprint density at radius 2 is 1.93 bits per heavy atom. The molecule has 0 spiro atoms. The first-order chi connectivity index (χ1) is 7.13. The van der Waals surface area contributed by atoms with E-state index in [1.54, 1.807) is 7.05 Å². The van der Waals surface area contributed by atoms with Crippen molar-refractivity contribution in [3.63, 3.8) is 0 Å². The highest BCUT2D eigenvalue weighted by atomic mass is 16.6. The summed E-state index contributed by atoms with van der Waals surface area (Å²) in [6.45, 7) is 0. The van der Waals surface area contributed by atoms with E-state index in [4.69, 9.17) is 0 Å². The zero-order valence-corrected chi connectivity index (χ0v) is 7.98. The van der Waals surface area contributed by atoms with Crippen LogP contribution in [-0.4, -0.2) is 18.0 Å². The van der Waals surface area contributed by atoms with Crippen LogP contribution in [0.1, 0.15) is 0 Å². The molecule has 7 nitrogen and oxygen atoms in total. The molecule has 2 amide bonds. The van der Waals surface area contributed by atoms with Crippen molar-refractivity contribution in [1.82, 2.24) is 10.9 Å². The standard InChI is InChI=1S/C8H10N4O3/c1-9-11-8(13)10-6-2-4-7(5-3-6)12(14)15/h2-5,9H,1H3,(H2,10,11,13). The van der Waals surface area contributed by atoms with Gasteiger partial charge < -0.3 is 5.32 Å². The van der Waals surface area contributed by atoms with Crippen LogP contribution in [0.25, 0.3) is 0 Å². The van der Waals surface area contributed by atoms with Gasteiger partial charge in [0.05, 0.1) is 4.92 Å². The predicted octanol–water partition coefficient (Wildman–Crippen LogP) is 0.851. The summed E-state index contributed by atoms with van der Waals surface area (Å²) in [5, 5.41) is 12.8. The third-order valence-electron chi connectivity index (χ3n) is 1.57. The monoisotopic (exact) mass is 210 g/mol. The van der Waals surface area contributed by atoms with Crippen LogP contribution < -0.4 is 16.2 Å². The van der Waals surface area contributed by atoms with E-state index in [9.17, 15) is 14.9 Å². The number of benzene rings is 1. The molecular formula is C8H10N4O3. The molecule has 7 heteroatoms. The second kappa shape index (κ2) is 4.91. The first-order valence-corrected chi connectivity index (χ1v) is 4.11. The second-order valence-electron chi connectivity index (χ2n) is 2.63. The van der Waals surface area contributed by atoms with E-state index < -0.39 is 11.0 Å². The zero-order chi connectivity index (χ0) is 11.3. The van der Waals surface area contributed by atoms with E-state index in [1.807, 2.05) is 0 Å². The van der Waals surface area contributed by atoms with Crippen molar-refractivity contribution >= 4 is 17.4 Å². The van der Waals surface area contributed by atoms with Crippen LogP contribution >= 0.6 is 0 Å². The van der Waals surface area contributed by atoms with Gasteiger partial charge in [0.1, 0.15) is 0 Å². The average Bonchev–Trinajstić information content (AvgIpc) is 2.18. The highest BCUT2D eigenvalue weighted by Gasteiger charge is 2.05. The van der Waals surface area contributed by atoms with Crippen molar-refractivity contribution in [1.29, 1.82) is 0 Å². The SMILES string of the molecule is CNNC(=O)Nc1ccc([N+](=O)[O-])cc1. The molecule has 0 saturated heterocycles. The average molecular weight is 210 g/mol. The lowest BCUT2D eigenvalue weighted by molar-refractivity contribution is -0.384. The van der Waals surface area contributed by atoms with E-state index in [-0.39, 0.29) is 5.69 Å². The Labute approximate surface area is 85.6 Å². The fourth-order valence-electron chi connectivity index (χ4n) is 0.942. The molecule has 0 radical (unpaired) electrons. The molecule has 3 N–H and O–H groups in total. The Balaban J connectivity index is 2.64. The number of nitro groups is 1. The Morgan fingerprint density at radius 3 is 2.40 bits per heavy atom. The number of amides is 2. The van der Waals surface area contributed by atoms with Gasteiger partial charge in [0, 0.05) is 24.9 Å². The largest absolute Gasteiger partial charge is 0.333 e. The van der Waals surface area contributed by atoms with Gasteiger partial charge in [-0.15, -0.1) is 0 Å². The number of nitro benzene ring substituents is 1. The van der Waals surface area contributed by atoms with Crippen LogP contribution in [0.2, 0.25) is 0 Å². The van der Waals surface area contributed by atoms with E-state index in [2.05, 4.69) is 16.2 Å². The van der Waals surface area contributed by atoms with Gasteiger partial charge >= 0.3 is 6.03 Å². The van der Waals surface area contributed by atoms with E-state index >= 15 is 0 Å². The molecule has 0 heterocycles. The number of rotatable bonds is 3. The molecule has 0 unspecified atom stereocenters. The molecule has 0 aliphatic heterocycles. The fraction of sp³-hybridized carbons (Fsp3) is 0.125. The number of nitrogens with zero attached hydrogens (tertiary/aromatic N) is 1. The summed E-state index contributed by atoms with van der Waals surface area (Å²) in [5.74, 6) is 0. The van der Waals surface area contributed by atoms with E-state index in [1.165, 1.54) is 24.3 Å². The molecular weight excluding hydrogens is 200 g/mol. The summed E-state index contributed by atoms with van der Waals surface area (Å²) >= 11 is 0. The summed E-state index contributed by atoms with van der Waals surface area (Å²) < 4.78 is 0. The Hall–Kier alpha value is -2.15. The van der Waals surface area contributed by atoms with Gasteiger partial charge in [-0.3, -0.25) is 15.5 Å². The highest BCUT2D eigenvalue weighted by molar-refractivity contribution is 5.88. The lowest BCUT2D eigenvalue weighted by Crippen LogP contribution is -2.37. The molecule has 0 aliphatic rings. The molecule has 15 heavy (non-hydrogen) atoms. The number of hydrazine groups is 1. The quantitative estimate of drug-likeness (QED) is 0.509. The number of hydrogen-bond acceptors (Lipinski definition) is 4. The fourth-order valence-corrected chi connectivity index (χ4v) is 0.942. The van der Waals surface area contributed by atoms with E-state index in [0.29, 0.717) is 5.69 Å². The van der Waals surface area contributed by atoms with Gasteiger partial charge in [0.25, 0.3) is 5.69 Å². The number of non-ortho nitro benzene ring substituents is 1. The van der Waals surface area contributed by atoms with Gasteiger partial charge in [-0.05, 0) is 12.1 Å². The minimum Gasteiger partial charge on any atom is -0.307 e. The molecule has 1 aromatic carbocycles. The molecule has 0 atom stereocenters. The molecule has 0 saturated carbocycles. The van der Waals surface area contributed by atoms with Crippen molar-refractivity contribution in [2.75, 3.05) is 12.4 Å². The van der Waals surface area contributed by atoms with Crippen molar-refractivity contribution in [2.24, 2.45) is 0 Å². The lowest BCUT2D eigenvalue weighted by Gasteiger charge is -2.05. The number of carbonyl (C=O) groups excluding carboxylic acids is 1. The Bertz CT molecular complexity index is 363. The van der Waals surface area contributed by atoms with Gasteiger partial charge in [-0.2, -0.15) is 0 Å². The topological polar surface area (TPSA) is 96.3 Å². The van der Waals surface area contributed by atoms with E-state index in [0.717, 1.165) is 0 Å². The number of urea groups is 1. The summed E-state index contributed by atoms with van der Waals surface area (Å²) in [5.41, 5.74) is 5.21. The molecule has 80 valence electrons. The third kappa shape index (κ3) is 3.24. The van der Waals surface area contributed by atoms with Gasteiger partial charge in [0.15, 0.2) is 0 Å². The second-order valence-corrected chi connectivity index (χ2v) is 2.63. The van der Waals surface area contributed by atoms with Gasteiger partial charge in [0.2, 0.25) is 0 Å². The van der Waals surface area contributed by atoms with Crippen LogP contribution in [0.4, 0.5) is 16.2 Å². The Kier molecular flexibility index (Phi) is 3.58. The number of nitrogens with one attached hydrogen (secondary N) is 3. The van der Waals surface area contributed by atoms with Crippen molar-refractivity contribution < 1.29 is 9.72 Å². The van der Waals surface area contributed by atoms with Crippen LogP contribution in [0.3, 0.4) is 0 Å². The first-order valence-electron chi connectivity index (χ1n) is 4.11. The molecule has 0 bridgehead atoms. The van der Waals surface area contributed by atoms with Crippen LogP contribution in [0, 0.1) is 10.1 Å². The summed E-state index contributed by atoms with van der Waals surface area (Å²) in [6, 6.07) is 5.09. The predicted molar refractivity (Wildman–Crippen MR) is 54.3 cm³/mol. The molecule has 1 aromatic rings. The summed E-state index contributed by atoms with van der Waals surface area (Å²) in [7, 11) is 1.55. The lowest BCUT2D eigenvalue weighted by atomic mass is 10.3. The highest BCUT2D eigenvalue weighted by Crippen LogP contribution is 2.14. The third-order valence-corrected chi connectivity index (χ3v) is 1.57. The molecule has 0 aromatic heterocycles. The van der Waals surface area contributed by atoms with Crippen molar-refractivity contribution in [3.05, 3.63) is 34.4 Å². The number of carbonyl (C=O) groups is 1. The minimum atomic E-state index is -0.503. The maximum absolute atomic E-state index is 11.0. The van der Waals surface area contributed by atoms with Crippen molar-refractivity contribution in [2.45, 2.75) is 0 Å². The van der Waals surface area contributed by atoms with Crippen LogP contribution in [-0.2, 0) is 0 Å². The molecule has 0 aliphatic carbocycles. The van der Waals surface area contributed by atoms with Crippen LogP contribution in [0.5, 0.6) is 0 Å². The Morgan fingerprint density at radius 1 is 1.33 bits per heavy atom. The maximum Gasteiger partial charge on any atom is 0.333 e.